The van der Waals surface area contributed by atoms with Crippen LogP contribution < -0.4 is 19.5 Å². The van der Waals surface area contributed by atoms with Gasteiger partial charge in [-0.15, -0.1) is 10.2 Å². The van der Waals surface area contributed by atoms with Gasteiger partial charge in [-0.3, -0.25) is 9.59 Å². The number of rotatable bonds is 11. The van der Waals surface area contributed by atoms with Crippen molar-refractivity contribution in [1.29, 1.82) is 0 Å². The maximum atomic E-state index is 13.7. The SMILES string of the molecule is COc1ccc(C2=NN(C(=O)CSc3nnc(CNC(=O)c4cc(OC)cc(OC)c4)n3C)C(c3ccc(F)cc3)C2)cc1. The molecule has 5 rings (SSSR count). The molecule has 0 radical (unpaired) electrons. The van der Waals surface area contributed by atoms with Gasteiger partial charge in [-0.05, 0) is 59.7 Å². The first-order chi connectivity index (χ1) is 21.3. The van der Waals surface area contributed by atoms with Crippen LogP contribution in [-0.4, -0.2) is 64.4 Å². The van der Waals surface area contributed by atoms with Crippen molar-refractivity contribution in [2.45, 2.75) is 24.2 Å². The van der Waals surface area contributed by atoms with Gasteiger partial charge in [-0.1, -0.05) is 23.9 Å². The number of methoxy groups -OCH3 is 3. The van der Waals surface area contributed by atoms with Crippen molar-refractivity contribution < 1.29 is 28.2 Å². The van der Waals surface area contributed by atoms with Gasteiger partial charge < -0.3 is 24.1 Å². The molecule has 11 nitrogen and oxygen atoms in total. The number of hydrogen-bond acceptors (Lipinski definition) is 9. The molecule has 0 saturated heterocycles. The first-order valence-corrected chi connectivity index (χ1v) is 14.6. The zero-order chi connectivity index (χ0) is 31.2. The summed E-state index contributed by atoms with van der Waals surface area (Å²) in [5, 5.41) is 17.9. The molecule has 1 unspecified atom stereocenters. The number of hydrazone groups is 1. The average molecular weight is 619 g/mol. The van der Waals surface area contributed by atoms with Gasteiger partial charge in [0.1, 0.15) is 23.1 Å². The number of carbonyl (C=O) groups is 2. The molecule has 3 aromatic carbocycles. The van der Waals surface area contributed by atoms with Crippen LogP contribution >= 0.6 is 11.8 Å². The smallest absolute Gasteiger partial charge is 0.253 e. The Morgan fingerprint density at radius 3 is 2.23 bits per heavy atom. The Balaban J connectivity index is 1.26. The topological polar surface area (TPSA) is 120 Å². The van der Waals surface area contributed by atoms with Crippen LogP contribution in [0.15, 0.2) is 77.0 Å². The van der Waals surface area contributed by atoms with Crippen LogP contribution in [0.4, 0.5) is 4.39 Å². The lowest BCUT2D eigenvalue weighted by atomic mass is 9.98. The van der Waals surface area contributed by atoms with Crippen LogP contribution in [-0.2, 0) is 18.4 Å². The Labute approximate surface area is 258 Å². The fourth-order valence-corrected chi connectivity index (χ4v) is 5.44. The number of carbonyl (C=O) groups excluding carboxylic acids is 2. The van der Waals surface area contributed by atoms with Crippen LogP contribution in [0.5, 0.6) is 17.2 Å². The van der Waals surface area contributed by atoms with E-state index in [1.807, 2.05) is 24.3 Å². The van der Waals surface area contributed by atoms with E-state index in [9.17, 15) is 14.0 Å². The summed E-state index contributed by atoms with van der Waals surface area (Å²) < 4.78 is 31.1. The molecule has 4 aromatic rings. The summed E-state index contributed by atoms with van der Waals surface area (Å²) in [5.41, 5.74) is 2.76. The molecule has 1 aromatic heterocycles. The molecule has 0 spiro atoms. The Morgan fingerprint density at radius 1 is 0.932 bits per heavy atom. The van der Waals surface area contributed by atoms with E-state index in [1.165, 1.54) is 43.1 Å². The second kappa shape index (κ2) is 13.6. The van der Waals surface area contributed by atoms with E-state index in [4.69, 9.17) is 14.2 Å². The molecular weight excluding hydrogens is 587 g/mol. The Morgan fingerprint density at radius 2 is 1.59 bits per heavy atom. The van der Waals surface area contributed by atoms with E-state index in [0.717, 1.165) is 22.6 Å². The maximum absolute atomic E-state index is 13.7. The summed E-state index contributed by atoms with van der Waals surface area (Å²) in [4.78, 5) is 26.3. The lowest BCUT2D eigenvalue weighted by molar-refractivity contribution is -0.130. The van der Waals surface area contributed by atoms with Gasteiger partial charge in [0.05, 0.1) is 45.4 Å². The quantitative estimate of drug-likeness (QED) is 0.246. The van der Waals surface area contributed by atoms with Gasteiger partial charge in [-0.25, -0.2) is 9.40 Å². The van der Waals surface area contributed by atoms with E-state index < -0.39 is 0 Å². The maximum Gasteiger partial charge on any atom is 0.253 e. The van der Waals surface area contributed by atoms with Gasteiger partial charge >= 0.3 is 0 Å². The predicted molar refractivity (Wildman–Crippen MR) is 163 cm³/mol. The van der Waals surface area contributed by atoms with E-state index >= 15 is 0 Å². The fourth-order valence-electron chi connectivity index (χ4n) is 4.66. The Kier molecular flexibility index (Phi) is 9.44. The molecule has 2 heterocycles. The van der Waals surface area contributed by atoms with Crippen molar-refractivity contribution in [1.82, 2.24) is 25.1 Å². The molecule has 0 bridgehead atoms. The lowest BCUT2D eigenvalue weighted by Gasteiger charge is -2.22. The number of benzene rings is 3. The Hall–Kier alpha value is -4.91. The van der Waals surface area contributed by atoms with Crippen molar-refractivity contribution in [3.63, 3.8) is 0 Å². The number of aromatic nitrogens is 3. The highest BCUT2D eigenvalue weighted by Gasteiger charge is 2.33. The molecular formula is C31H31FN6O5S. The minimum atomic E-state index is -0.388. The third-order valence-electron chi connectivity index (χ3n) is 7.11. The van der Waals surface area contributed by atoms with Gasteiger partial charge in [0.2, 0.25) is 0 Å². The number of hydrogen-bond donors (Lipinski definition) is 1. The second-order valence-corrected chi connectivity index (χ2v) is 10.8. The van der Waals surface area contributed by atoms with Crippen molar-refractivity contribution in [2.75, 3.05) is 27.1 Å². The zero-order valence-corrected chi connectivity index (χ0v) is 25.4. The third kappa shape index (κ3) is 6.83. The summed E-state index contributed by atoms with van der Waals surface area (Å²) in [6.45, 7) is 0.116. The van der Waals surface area contributed by atoms with Gasteiger partial charge in [0.15, 0.2) is 11.0 Å². The van der Waals surface area contributed by atoms with Crippen LogP contribution in [0.3, 0.4) is 0 Å². The minimum absolute atomic E-state index is 0.0407. The predicted octanol–water partition coefficient (Wildman–Crippen LogP) is 4.38. The average Bonchev–Trinajstić information content (AvgIpc) is 3.66. The van der Waals surface area contributed by atoms with Crippen LogP contribution in [0.25, 0.3) is 0 Å². The van der Waals surface area contributed by atoms with Gasteiger partial charge in [0, 0.05) is 25.1 Å². The largest absolute Gasteiger partial charge is 0.497 e. The van der Waals surface area contributed by atoms with Crippen molar-refractivity contribution in [2.24, 2.45) is 12.1 Å². The van der Waals surface area contributed by atoms with Gasteiger partial charge in [-0.2, -0.15) is 5.10 Å². The number of nitrogens with zero attached hydrogens (tertiary/aromatic N) is 5. The third-order valence-corrected chi connectivity index (χ3v) is 8.12. The van der Waals surface area contributed by atoms with Crippen LogP contribution in [0.2, 0.25) is 0 Å². The molecule has 1 aliphatic heterocycles. The summed E-state index contributed by atoms with van der Waals surface area (Å²) in [6.07, 6.45) is 0.474. The van der Waals surface area contributed by atoms with Crippen LogP contribution in [0, 0.1) is 5.82 Å². The summed E-state index contributed by atoms with van der Waals surface area (Å²) in [6, 6.07) is 18.1. The number of amides is 2. The zero-order valence-electron chi connectivity index (χ0n) is 24.6. The van der Waals surface area contributed by atoms with Crippen molar-refractivity contribution in [3.8, 4) is 17.2 Å². The highest BCUT2D eigenvalue weighted by atomic mass is 32.2. The van der Waals surface area contributed by atoms with E-state index in [2.05, 4.69) is 20.6 Å². The number of thioether (sulfide) groups is 1. The van der Waals surface area contributed by atoms with Crippen molar-refractivity contribution >= 4 is 29.3 Å². The summed E-state index contributed by atoms with van der Waals surface area (Å²) in [5.74, 6) is 1.34. The monoisotopic (exact) mass is 618 g/mol. The molecule has 13 heteroatoms. The fraction of sp³-hybridized carbons (Fsp3) is 0.258. The molecule has 44 heavy (non-hydrogen) atoms. The highest BCUT2D eigenvalue weighted by Crippen LogP contribution is 2.34. The van der Waals surface area contributed by atoms with E-state index in [1.54, 1.807) is 49.1 Å². The summed E-state index contributed by atoms with van der Waals surface area (Å²) in [7, 11) is 6.39. The second-order valence-electron chi connectivity index (χ2n) is 9.82. The van der Waals surface area contributed by atoms with Crippen molar-refractivity contribution in [3.05, 3.63) is 95.1 Å². The van der Waals surface area contributed by atoms with Crippen LogP contribution in [0.1, 0.15) is 39.8 Å². The normalized spacial score (nSPS) is 14.2. The molecule has 0 saturated carbocycles. The molecule has 0 aliphatic carbocycles. The molecule has 228 valence electrons. The summed E-state index contributed by atoms with van der Waals surface area (Å²) >= 11 is 1.21. The van der Waals surface area contributed by atoms with Gasteiger partial charge in [0.25, 0.3) is 11.8 Å². The molecule has 1 aliphatic rings. The number of nitrogens with one attached hydrogen (secondary N) is 1. The number of ether oxygens (including phenoxy) is 3. The molecule has 2 amide bonds. The van der Waals surface area contributed by atoms with E-state index in [-0.39, 0.29) is 36.0 Å². The standard InChI is InChI=1S/C31H31FN6O5S/c1-37-28(17-33-30(40)21-13-24(42-3)15-25(14-21)43-4)34-35-31(37)44-18-29(39)38-27(20-5-9-22(32)10-6-20)16-26(36-38)19-7-11-23(41-2)12-8-19/h5-15,27H,16-18H2,1-4H3,(H,33,40). The Bertz CT molecular complexity index is 1650. The molecule has 1 atom stereocenters. The number of halogens is 1. The molecule has 1 N–H and O–H groups in total. The lowest BCUT2D eigenvalue weighted by Crippen LogP contribution is -2.28. The minimum Gasteiger partial charge on any atom is -0.497 e. The highest BCUT2D eigenvalue weighted by molar-refractivity contribution is 7.99. The van der Waals surface area contributed by atoms with E-state index in [0.29, 0.717) is 34.5 Å². The first-order valence-electron chi connectivity index (χ1n) is 13.6. The first kappa shape index (κ1) is 30.5. The molecule has 0 fully saturated rings.